The zero-order chi connectivity index (χ0) is 22.8. The number of fused-ring (bicyclic) bond motifs is 3. The zero-order valence-electron chi connectivity index (χ0n) is 18.1. The normalized spacial score (nSPS) is 21.8. The van der Waals surface area contributed by atoms with Crippen molar-refractivity contribution in [1.82, 2.24) is 15.5 Å². The molecule has 0 unspecified atom stereocenters. The third-order valence-electron chi connectivity index (χ3n) is 5.91. The summed E-state index contributed by atoms with van der Waals surface area (Å²) >= 11 is 0. The average Bonchev–Trinajstić information content (AvgIpc) is 3.31. The van der Waals surface area contributed by atoms with Gasteiger partial charge in [-0.1, -0.05) is 0 Å². The van der Waals surface area contributed by atoms with Crippen LogP contribution < -0.4 is 15.4 Å². The van der Waals surface area contributed by atoms with Gasteiger partial charge in [0.05, 0.1) is 17.7 Å². The van der Waals surface area contributed by atoms with Crippen LogP contribution in [-0.2, 0) is 4.79 Å². The van der Waals surface area contributed by atoms with Crippen LogP contribution in [0.4, 0.5) is 4.39 Å². The van der Waals surface area contributed by atoms with Gasteiger partial charge >= 0.3 is 0 Å². The van der Waals surface area contributed by atoms with Gasteiger partial charge in [-0.05, 0) is 51.0 Å². The number of furan rings is 1. The molecule has 2 N–H and O–H groups in total. The van der Waals surface area contributed by atoms with E-state index in [0.29, 0.717) is 29.9 Å². The number of amides is 3. The van der Waals surface area contributed by atoms with Crippen LogP contribution in [0.15, 0.2) is 28.7 Å². The second-order valence-corrected chi connectivity index (χ2v) is 8.18. The molecule has 2 aliphatic heterocycles. The number of benzene rings is 1. The highest BCUT2D eigenvalue weighted by molar-refractivity contribution is 5.98. The highest BCUT2D eigenvalue weighted by atomic mass is 19.1. The lowest BCUT2D eigenvalue weighted by atomic mass is 10.1. The van der Waals surface area contributed by atoms with Crippen LogP contribution in [0.1, 0.15) is 51.5 Å². The Morgan fingerprint density at radius 3 is 2.66 bits per heavy atom. The number of hydrogen-bond acceptors (Lipinski definition) is 5. The molecule has 1 fully saturated rings. The molecule has 1 aromatic carbocycles. The van der Waals surface area contributed by atoms with E-state index in [4.69, 9.17) is 9.15 Å². The summed E-state index contributed by atoms with van der Waals surface area (Å²) in [6, 6.07) is 4.81. The van der Waals surface area contributed by atoms with Gasteiger partial charge in [-0.2, -0.15) is 0 Å². The van der Waals surface area contributed by atoms with Gasteiger partial charge in [0.25, 0.3) is 11.8 Å². The fraction of sp³-hybridized carbons (Fsp3) is 0.435. The average molecular weight is 443 g/mol. The van der Waals surface area contributed by atoms with Gasteiger partial charge in [0.15, 0.2) is 0 Å². The lowest BCUT2D eigenvalue weighted by Gasteiger charge is -2.30. The van der Waals surface area contributed by atoms with Crippen molar-refractivity contribution in [2.45, 2.75) is 45.2 Å². The first-order chi connectivity index (χ1) is 15.3. The molecule has 4 rings (SSSR count). The summed E-state index contributed by atoms with van der Waals surface area (Å²) in [5, 5.41) is 5.60. The second-order valence-electron chi connectivity index (χ2n) is 8.18. The van der Waals surface area contributed by atoms with E-state index in [0.717, 1.165) is 6.07 Å². The van der Waals surface area contributed by atoms with Gasteiger partial charge in [0, 0.05) is 25.0 Å². The van der Waals surface area contributed by atoms with E-state index in [9.17, 15) is 18.8 Å². The minimum Gasteiger partial charge on any atom is -0.491 e. The summed E-state index contributed by atoms with van der Waals surface area (Å²) in [5.74, 6) is -0.0659. The van der Waals surface area contributed by atoms with Crippen LogP contribution in [0.25, 0.3) is 0 Å². The van der Waals surface area contributed by atoms with E-state index in [1.165, 1.54) is 12.1 Å². The zero-order valence-corrected chi connectivity index (χ0v) is 18.1. The number of carbonyl (C=O) groups excluding carboxylic acids is 3. The number of ether oxygens (including phenoxy) is 1. The smallest absolute Gasteiger partial charge is 0.257 e. The summed E-state index contributed by atoms with van der Waals surface area (Å²) < 4.78 is 24.9. The summed E-state index contributed by atoms with van der Waals surface area (Å²) in [7, 11) is 0. The van der Waals surface area contributed by atoms with Crippen molar-refractivity contribution >= 4 is 17.7 Å². The summed E-state index contributed by atoms with van der Waals surface area (Å²) in [4.78, 5) is 40.4. The first-order valence-electron chi connectivity index (χ1n) is 10.7. The lowest BCUT2D eigenvalue weighted by Crippen LogP contribution is -2.48. The van der Waals surface area contributed by atoms with Gasteiger partial charge in [-0.3, -0.25) is 14.4 Å². The van der Waals surface area contributed by atoms with Gasteiger partial charge in [0.1, 0.15) is 29.7 Å². The Morgan fingerprint density at radius 2 is 1.91 bits per heavy atom. The summed E-state index contributed by atoms with van der Waals surface area (Å²) in [6.45, 7) is 4.02. The molecule has 0 saturated carbocycles. The van der Waals surface area contributed by atoms with Crippen LogP contribution >= 0.6 is 0 Å². The molecular weight excluding hydrogens is 417 g/mol. The molecule has 170 valence electrons. The van der Waals surface area contributed by atoms with Gasteiger partial charge in [0.2, 0.25) is 5.91 Å². The molecule has 3 amide bonds. The van der Waals surface area contributed by atoms with Crippen LogP contribution in [0.5, 0.6) is 5.75 Å². The molecule has 0 aliphatic carbocycles. The molecule has 9 heteroatoms. The van der Waals surface area contributed by atoms with Crippen molar-refractivity contribution in [2.75, 3.05) is 19.7 Å². The summed E-state index contributed by atoms with van der Waals surface area (Å²) in [5.41, 5.74) is 0.523. The molecule has 3 heterocycles. The largest absolute Gasteiger partial charge is 0.491 e. The van der Waals surface area contributed by atoms with Crippen LogP contribution in [0.2, 0.25) is 0 Å². The van der Waals surface area contributed by atoms with E-state index in [1.807, 2.05) is 0 Å². The van der Waals surface area contributed by atoms with Crippen molar-refractivity contribution in [3.8, 4) is 5.75 Å². The second kappa shape index (κ2) is 9.02. The Morgan fingerprint density at radius 1 is 1.12 bits per heavy atom. The Hall–Kier alpha value is -3.36. The van der Waals surface area contributed by atoms with Crippen LogP contribution in [-0.4, -0.2) is 54.4 Å². The molecule has 2 aliphatic rings. The Labute approximate surface area is 185 Å². The number of carbonyl (C=O) groups is 3. The van der Waals surface area contributed by atoms with Gasteiger partial charge < -0.3 is 24.7 Å². The molecule has 0 spiro atoms. The molecule has 2 atom stereocenters. The fourth-order valence-electron chi connectivity index (χ4n) is 4.42. The van der Waals surface area contributed by atoms with Gasteiger partial charge in [-0.25, -0.2) is 4.39 Å². The molecule has 2 aromatic rings. The first kappa shape index (κ1) is 21.9. The van der Waals surface area contributed by atoms with E-state index in [2.05, 4.69) is 10.6 Å². The van der Waals surface area contributed by atoms with Crippen LogP contribution in [0, 0.1) is 19.7 Å². The predicted octanol–water partition coefficient (Wildman–Crippen LogP) is 2.34. The quantitative estimate of drug-likeness (QED) is 0.705. The van der Waals surface area contributed by atoms with Crippen molar-refractivity contribution < 1.29 is 27.9 Å². The molecule has 32 heavy (non-hydrogen) atoms. The number of aryl methyl sites for hydroxylation is 2. The monoisotopic (exact) mass is 443 g/mol. The number of nitrogens with one attached hydrogen (secondary N) is 2. The Kier molecular flexibility index (Phi) is 6.16. The minimum atomic E-state index is -0.555. The third kappa shape index (κ3) is 4.46. The first-order valence-corrected chi connectivity index (χ1v) is 10.7. The highest BCUT2D eigenvalue weighted by Gasteiger charge is 2.39. The lowest BCUT2D eigenvalue weighted by molar-refractivity contribution is -0.122. The minimum absolute atomic E-state index is 0.0714. The predicted molar refractivity (Wildman–Crippen MR) is 113 cm³/mol. The molecule has 8 nitrogen and oxygen atoms in total. The van der Waals surface area contributed by atoms with Crippen molar-refractivity contribution in [2.24, 2.45) is 0 Å². The molecule has 2 bridgehead atoms. The molecular formula is C23H26FN3O5. The molecule has 0 radical (unpaired) electrons. The Balaban J connectivity index is 1.63. The number of nitrogens with zero attached hydrogens (tertiary/aromatic N) is 1. The fourth-order valence-corrected chi connectivity index (χ4v) is 4.42. The SMILES string of the molecule is Cc1cc(C(=O)N2[C@@H]3CC[C@H]2CC(=O)NCCOc2ccc(F)cc2C(=O)NC3)c(C)o1. The summed E-state index contributed by atoms with van der Waals surface area (Å²) in [6.07, 6.45) is 1.43. The van der Waals surface area contributed by atoms with Crippen LogP contribution in [0.3, 0.4) is 0 Å². The van der Waals surface area contributed by atoms with E-state index in [-0.39, 0.29) is 61.3 Å². The van der Waals surface area contributed by atoms with Crippen molar-refractivity contribution in [1.29, 1.82) is 0 Å². The molecule has 1 aromatic heterocycles. The standard InChI is InChI=1S/C23H26FN3O5/c1-13-9-18(14(2)32-13)23(30)27-16-4-5-17(27)12-26-22(29)19-10-15(24)3-6-20(19)31-8-7-25-21(28)11-16/h3,6,9-10,16-17H,4-5,7-8,11-12H2,1-2H3,(H,25,28)(H,26,29)/t16-,17+/m0/s1. The van der Waals surface area contributed by atoms with Crippen molar-refractivity contribution in [3.05, 3.63) is 52.7 Å². The number of halogens is 1. The van der Waals surface area contributed by atoms with Crippen molar-refractivity contribution in [3.63, 3.8) is 0 Å². The highest BCUT2D eigenvalue weighted by Crippen LogP contribution is 2.30. The maximum Gasteiger partial charge on any atom is 0.257 e. The third-order valence-corrected chi connectivity index (χ3v) is 5.91. The topological polar surface area (TPSA) is 101 Å². The van der Waals surface area contributed by atoms with E-state index < -0.39 is 11.7 Å². The number of hydrogen-bond donors (Lipinski definition) is 2. The van der Waals surface area contributed by atoms with Gasteiger partial charge in [-0.15, -0.1) is 0 Å². The number of rotatable bonds is 1. The Bertz CT molecular complexity index is 1050. The maximum atomic E-state index is 13.8. The van der Waals surface area contributed by atoms with E-state index in [1.54, 1.807) is 24.8 Å². The van der Waals surface area contributed by atoms with E-state index >= 15 is 0 Å². The molecule has 1 saturated heterocycles. The maximum absolute atomic E-state index is 13.8.